The number of rotatable bonds is 3. The Labute approximate surface area is 196 Å². The van der Waals surface area contributed by atoms with Crippen molar-refractivity contribution in [2.75, 3.05) is 39.4 Å². The molecule has 2 fully saturated rings. The highest BCUT2D eigenvalue weighted by molar-refractivity contribution is 5.85. The van der Waals surface area contributed by atoms with Crippen LogP contribution in [0.2, 0.25) is 0 Å². The molecular formula is C24H42Cl2N2O2. The Hall–Kier alpha value is -0.520. The summed E-state index contributed by atoms with van der Waals surface area (Å²) in [5.74, 6) is 1.04. The topological polar surface area (TPSA) is 44.7 Å². The fourth-order valence-corrected chi connectivity index (χ4v) is 4.63. The molecule has 0 saturated carbocycles. The summed E-state index contributed by atoms with van der Waals surface area (Å²) in [5.41, 5.74) is 3.47. The van der Waals surface area contributed by atoms with Crippen LogP contribution in [-0.2, 0) is 15.6 Å². The maximum Gasteiger partial charge on any atom is 0.124 e. The molecule has 4 nitrogen and oxygen atoms in total. The summed E-state index contributed by atoms with van der Waals surface area (Å²) in [6, 6.07) is 4.79. The minimum atomic E-state index is -0.0935. The quantitative estimate of drug-likeness (QED) is 0.649. The molecule has 0 amide bonds. The number of phenols is 1. The minimum absolute atomic E-state index is 0. The molecule has 1 aromatic rings. The van der Waals surface area contributed by atoms with E-state index in [1.54, 1.807) is 0 Å². The lowest BCUT2D eigenvalue weighted by molar-refractivity contribution is 0.0205. The van der Waals surface area contributed by atoms with Gasteiger partial charge in [0.2, 0.25) is 0 Å². The van der Waals surface area contributed by atoms with Gasteiger partial charge in [0, 0.05) is 51.0 Å². The summed E-state index contributed by atoms with van der Waals surface area (Å²) in [7, 11) is 0. The molecule has 0 aliphatic carbocycles. The molecule has 0 spiro atoms. The van der Waals surface area contributed by atoms with Crippen molar-refractivity contribution < 1.29 is 9.84 Å². The molecule has 2 heterocycles. The van der Waals surface area contributed by atoms with Crippen molar-refractivity contribution in [3.63, 3.8) is 0 Å². The van der Waals surface area contributed by atoms with E-state index in [-0.39, 0.29) is 41.7 Å². The van der Waals surface area contributed by atoms with Gasteiger partial charge < -0.3 is 15.2 Å². The largest absolute Gasteiger partial charge is 0.507 e. The molecule has 1 atom stereocenters. The van der Waals surface area contributed by atoms with Crippen molar-refractivity contribution >= 4 is 24.8 Å². The van der Waals surface area contributed by atoms with E-state index in [4.69, 9.17) is 4.74 Å². The molecule has 1 aromatic carbocycles. The van der Waals surface area contributed by atoms with Gasteiger partial charge in [-0.3, -0.25) is 4.90 Å². The summed E-state index contributed by atoms with van der Waals surface area (Å²) in [6.45, 7) is 19.2. The summed E-state index contributed by atoms with van der Waals surface area (Å²) < 4.78 is 5.67. The molecule has 174 valence electrons. The number of piperazine rings is 1. The Morgan fingerprint density at radius 1 is 0.967 bits per heavy atom. The van der Waals surface area contributed by atoms with E-state index in [1.165, 1.54) is 5.56 Å². The van der Waals surface area contributed by atoms with Crippen molar-refractivity contribution in [3.8, 4) is 5.75 Å². The smallest absolute Gasteiger partial charge is 0.124 e. The van der Waals surface area contributed by atoms with Crippen molar-refractivity contribution in [1.82, 2.24) is 10.2 Å². The van der Waals surface area contributed by atoms with Gasteiger partial charge in [-0.25, -0.2) is 0 Å². The minimum Gasteiger partial charge on any atom is -0.507 e. The number of nitrogens with zero attached hydrogens (tertiary/aromatic N) is 1. The number of nitrogens with one attached hydrogen (secondary N) is 1. The maximum atomic E-state index is 11.5. The van der Waals surface area contributed by atoms with Crippen LogP contribution < -0.4 is 5.32 Å². The highest BCUT2D eigenvalue weighted by Gasteiger charge is 2.35. The van der Waals surface area contributed by atoms with Gasteiger partial charge in [-0.2, -0.15) is 0 Å². The van der Waals surface area contributed by atoms with Gasteiger partial charge in [0.15, 0.2) is 0 Å². The second-order valence-electron chi connectivity index (χ2n) is 10.6. The molecule has 2 aliphatic rings. The molecule has 2 saturated heterocycles. The van der Waals surface area contributed by atoms with Crippen molar-refractivity contribution in [3.05, 3.63) is 28.8 Å². The predicted molar refractivity (Wildman–Crippen MR) is 131 cm³/mol. The van der Waals surface area contributed by atoms with Gasteiger partial charge in [0.1, 0.15) is 5.75 Å². The van der Waals surface area contributed by atoms with Crippen LogP contribution in [0.1, 0.15) is 77.1 Å². The lowest BCUT2D eigenvalue weighted by Crippen LogP contribution is -2.47. The fourth-order valence-electron chi connectivity index (χ4n) is 4.63. The number of benzene rings is 1. The number of phenolic OH excluding ortho intramolecular Hbond substituents is 1. The third kappa shape index (κ3) is 6.26. The molecule has 2 aliphatic heterocycles. The van der Waals surface area contributed by atoms with Crippen molar-refractivity contribution in [1.29, 1.82) is 0 Å². The van der Waals surface area contributed by atoms with Crippen LogP contribution in [0.25, 0.3) is 0 Å². The molecule has 0 radical (unpaired) electrons. The molecule has 0 bridgehead atoms. The summed E-state index contributed by atoms with van der Waals surface area (Å²) in [6.07, 6.45) is 2.14. The van der Waals surface area contributed by atoms with E-state index in [9.17, 15) is 5.11 Å². The van der Waals surface area contributed by atoms with E-state index in [2.05, 4.69) is 63.9 Å². The molecule has 2 N–H and O–H groups in total. The van der Waals surface area contributed by atoms with E-state index in [0.717, 1.165) is 63.4 Å². The first kappa shape index (κ1) is 27.5. The Morgan fingerprint density at radius 2 is 1.53 bits per heavy atom. The predicted octanol–water partition coefficient (Wildman–Crippen LogP) is 5.20. The lowest BCUT2D eigenvalue weighted by atomic mass is 9.76. The van der Waals surface area contributed by atoms with Crippen LogP contribution in [0.4, 0.5) is 0 Å². The van der Waals surface area contributed by atoms with Crippen molar-refractivity contribution in [2.24, 2.45) is 5.92 Å². The normalized spacial score (nSPS) is 20.2. The molecule has 6 heteroatoms. The molecule has 0 unspecified atom stereocenters. The first-order valence-corrected chi connectivity index (χ1v) is 11.0. The second kappa shape index (κ2) is 10.9. The average Bonchev–Trinajstić information content (AvgIpc) is 2.63. The second-order valence-corrected chi connectivity index (χ2v) is 10.6. The van der Waals surface area contributed by atoms with Crippen LogP contribution in [0.5, 0.6) is 5.75 Å². The summed E-state index contributed by atoms with van der Waals surface area (Å²) in [5, 5.41) is 15.0. The first-order chi connectivity index (χ1) is 13.1. The van der Waals surface area contributed by atoms with Crippen LogP contribution in [0, 0.1) is 5.92 Å². The lowest BCUT2D eigenvalue weighted by Gasteiger charge is -2.42. The maximum absolute atomic E-state index is 11.5. The van der Waals surface area contributed by atoms with Crippen LogP contribution in [0.15, 0.2) is 12.1 Å². The Morgan fingerprint density at radius 3 is 2.03 bits per heavy atom. The summed E-state index contributed by atoms with van der Waals surface area (Å²) in [4.78, 5) is 2.60. The monoisotopic (exact) mass is 460 g/mol. The van der Waals surface area contributed by atoms with E-state index >= 15 is 0 Å². The number of aromatic hydroxyl groups is 1. The van der Waals surface area contributed by atoms with Crippen LogP contribution >= 0.6 is 24.8 Å². The molecule has 30 heavy (non-hydrogen) atoms. The third-order valence-electron chi connectivity index (χ3n) is 6.39. The zero-order valence-electron chi connectivity index (χ0n) is 19.6. The Bertz CT molecular complexity index is 653. The third-order valence-corrected chi connectivity index (χ3v) is 6.39. The standard InChI is InChI=1S/C24H40N2O2.2ClH/c1-23(2,3)18-15-19(22(27)20(16-18)24(4,5)6)21(17-7-13-28-14-8-17)26-11-9-25-10-12-26;;/h15-17,21,25,27H,7-14H2,1-6H3;2*1H/t21-;;/m1../s1. The summed E-state index contributed by atoms with van der Waals surface area (Å²) >= 11 is 0. The zero-order chi connectivity index (χ0) is 20.5. The Balaban J connectivity index is 0.00000225. The van der Waals surface area contributed by atoms with E-state index < -0.39 is 0 Å². The van der Waals surface area contributed by atoms with Crippen LogP contribution in [-0.4, -0.2) is 49.4 Å². The molecular weight excluding hydrogens is 419 g/mol. The molecule has 3 rings (SSSR count). The zero-order valence-corrected chi connectivity index (χ0v) is 21.2. The highest BCUT2D eigenvalue weighted by Crippen LogP contribution is 2.45. The number of ether oxygens (including phenoxy) is 1. The molecule has 0 aromatic heterocycles. The van der Waals surface area contributed by atoms with Gasteiger partial charge in [0.05, 0.1) is 0 Å². The highest BCUT2D eigenvalue weighted by atomic mass is 35.5. The number of halogens is 2. The number of hydrogen-bond donors (Lipinski definition) is 2. The van der Waals surface area contributed by atoms with Gasteiger partial charge in [-0.1, -0.05) is 47.6 Å². The fraction of sp³-hybridized carbons (Fsp3) is 0.750. The van der Waals surface area contributed by atoms with Crippen molar-refractivity contribution in [2.45, 2.75) is 71.3 Å². The van der Waals surface area contributed by atoms with Gasteiger partial charge in [-0.15, -0.1) is 24.8 Å². The Kier molecular flexibility index (Phi) is 9.97. The van der Waals surface area contributed by atoms with Gasteiger partial charge >= 0.3 is 0 Å². The first-order valence-electron chi connectivity index (χ1n) is 11.0. The van der Waals surface area contributed by atoms with Crippen LogP contribution in [0.3, 0.4) is 0 Å². The van der Waals surface area contributed by atoms with Gasteiger partial charge in [-0.05, 0) is 46.8 Å². The SMILES string of the molecule is CC(C)(C)c1cc([C@@H](C2CCOCC2)N2CCNCC2)c(O)c(C(C)(C)C)c1.Cl.Cl. The van der Waals surface area contributed by atoms with Gasteiger partial charge in [0.25, 0.3) is 0 Å². The van der Waals surface area contributed by atoms with E-state index in [1.807, 2.05) is 0 Å². The average molecular weight is 462 g/mol. The number of hydrogen-bond acceptors (Lipinski definition) is 4. The van der Waals surface area contributed by atoms with E-state index in [0.29, 0.717) is 11.7 Å².